The minimum Gasteiger partial charge on any atom is -0.478 e. The first-order valence-corrected chi connectivity index (χ1v) is 7.41. The highest BCUT2D eigenvalue weighted by Crippen LogP contribution is 2.31. The Morgan fingerprint density at radius 2 is 2.29 bits per heavy atom. The van der Waals surface area contributed by atoms with Crippen molar-refractivity contribution in [2.45, 2.75) is 38.6 Å². The van der Waals surface area contributed by atoms with Gasteiger partial charge in [-0.3, -0.25) is 0 Å². The quantitative estimate of drug-likeness (QED) is 0.942. The van der Waals surface area contributed by atoms with E-state index in [1.807, 2.05) is 6.07 Å². The molecule has 0 amide bonds. The number of hydrogen-bond acceptors (Lipinski definition) is 3. The number of carboxylic acid groups (broad SMARTS) is 1. The van der Waals surface area contributed by atoms with Gasteiger partial charge in [0, 0.05) is 12.5 Å². The van der Waals surface area contributed by atoms with E-state index in [-0.39, 0.29) is 17.5 Å². The summed E-state index contributed by atoms with van der Waals surface area (Å²) in [4.78, 5) is 16.0. The number of rotatable bonds is 3. The summed E-state index contributed by atoms with van der Waals surface area (Å²) in [5.41, 5.74) is 1.75. The molecule has 5 heteroatoms. The molecule has 1 N–H and O–H groups in total. The average molecular weight is 288 g/mol. The Balaban J connectivity index is 2.22. The van der Waals surface area contributed by atoms with Crippen LogP contribution < -0.4 is 0 Å². The molecule has 1 saturated heterocycles. The normalized spacial score (nSPS) is 19.3. The fraction of sp³-hybridized carbons (Fsp3) is 0.500. The minimum absolute atomic E-state index is 0.237. The fourth-order valence-corrected chi connectivity index (χ4v) is 3.03. The summed E-state index contributed by atoms with van der Waals surface area (Å²) in [5, 5.41) is 9.36. The number of para-hydroxylation sites is 1. The number of fused-ring (bicyclic) bond motifs is 1. The zero-order valence-electron chi connectivity index (χ0n) is 12.4. The number of hydrogen-bond donors (Lipinski definition) is 1. The van der Waals surface area contributed by atoms with Gasteiger partial charge in [-0.25, -0.2) is 9.78 Å². The summed E-state index contributed by atoms with van der Waals surface area (Å²) >= 11 is 0. The highest BCUT2D eigenvalue weighted by Gasteiger charge is 2.25. The summed E-state index contributed by atoms with van der Waals surface area (Å²) in [5.74, 6) is 0.246. The number of benzene rings is 1. The van der Waals surface area contributed by atoms with E-state index in [0.29, 0.717) is 12.1 Å². The maximum absolute atomic E-state index is 11.4. The lowest BCUT2D eigenvalue weighted by Gasteiger charge is -2.26. The van der Waals surface area contributed by atoms with Crippen LogP contribution in [0.2, 0.25) is 0 Å². The molecule has 1 aliphatic heterocycles. The van der Waals surface area contributed by atoms with Crippen LogP contribution in [0, 0.1) is 0 Å². The first-order chi connectivity index (χ1) is 10.1. The van der Waals surface area contributed by atoms with Crippen molar-refractivity contribution >= 4 is 17.0 Å². The number of carbonyl (C=O) groups is 1. The average Bonchev–Trinajstić information content (AvgIpc) is 2.87. The fourth-order valence-electron chi connectivity index (χ4n) is 3.03. The first kappa shape index (κ1) is 14.1. The van der Waals surface area contributed by atoms with Crippen molar-refractivity contribution in [3.8, 4) is 0 Å². The Morgan fingerprint density at radius 1 is 1.48 bits per heavy atom. The van der Waals surface area contributed by atoms with Gasteiger partial charge in [0.2, 0.25) is 0 Å². The number of imidazole rings is 1. The van der Waals surface area contributed by atoms with Gasteiger partial charge in [0.1, 0.15) is 11.3 Å². The van der Waals surface area contributed by atoms with Crippen molar-refractivity contribution in [2.75, 3.05) is 13.2 Å². The van der Waals surface area contributed by atoms with Crippen LogP contribution in [0.1, 0.15) is 54.8 Å². The topological polar surface area (TPSA) is 64.3 Å². The molecule has 2 heterocycles. The minimum atomic E-state index is -0.930. The molecule has 1 fully saturated rings. The lowest BCUT2D eigenvalue weighted by Crippen LogP contribution is -2.23. The van der Waals surface area contributed by atoms with Crippen LogP contribution in [-0.2, 0) is 4.74 Å². The number of ether oxygens (including phenoxy) is 1. The molecule has 1 aromatic heterocycles. The number of aromatic carboxylic acids is 1. The molecule has 112 valence electrons. The van der Waals surface area contributed by atoms with Crippen LogP contribution in [0.4, 0.5) is 0 Å². The van der Waals surface area contributed by atoms with Crippen LogP contribution >= 0.6 is 0 Å². The second kappa shape index (κ2) is 5.48. The summed E-state index contributed by atoms with van der Waals surface area (Å²) in [6.07, 6.45) is 2.07. The van der Waals surface area contributed by atoms with Gasteiger partial charge in [0.25, 0.3) is 0 Å². The summed E-state index contributed by atoms with van der Waals surface area (Å²) < 4.78 is 7.79. The highest BCUT2D eigenvalue weighted by molar-refractivity contribution is 6.01. The molecular weight excluding hydrogens is 268 g/mol. The van der Waals surface area contributed by atoms with E-state index in [4.69, 9.17) is 4.74 Å². The standard InChI is InChI=1S/C16H20N2O3/c1-10(2)15-17-14-12(16(19)20)6-3-7-13(14)18(15)11-5-4-8-21-9-11/h3,6-7,10-11H,4-5,8-9H2,1-2H3,(H,19,20). The molecule has 3 rings (SSSR count). The molecular formula is C16H20N2O3. The Bertz CT molecular complexity index is 669. The summed E-state index contributed by atoms with van der Waals surface area (Å²) in [6.45, 7) is 5.65. The zero-order valence-corrected chi connectivity index (χ0v) is 12.4. The maximum Gasteiger partial charge on any atom is 0.337 e. The molecule has 2 aromatic rings. The van der Waals surface area contributed by atoms with E-state index in [2.05, 4.69) is 23.4 Å². The van der Waals surface area contributed by atoms with Crippen molar-refractivity contribution in [1.29, 1.82) is 0 Å². The van der Waals surface area contributed by atoms with Crippen molar-refractivity contribution in [3.63, 3.8) is 0 Å². The van der Waals surface area contributed by atoms with Crippen LogP contribution in [0.25, 0.3) is 11.0 Å². The second-order valence-corrected chi connectivity index (χ2v) is 5.84. The monoisotopic (exact) mass is 288 g/mol. The lowest BCUT2D eigenvalue weighted by atomic mass is 10.1. The second-order valence-electron chi connectivity index (χ2n) is 5.84. The molecule has 1 atom stereocenters. The highest BCUT2D eigenvalue weighted by atomic mass is 16.5. The van der Waals surface area contributed by atoms with Crippen LogP contribution in [0.15, 0.2) is 18.2 Å². The largest absolute Gasteiger partial charge is 0.478 e. The van der Waals surface area contributed by atoms with Gasteiger partial charge in [-0.15, -0.1) is 0 Å². The predicted octanol–water partition coefficient (Wildman–Crippen LogP) is 3.21. The van der Waals surface area contributed by atoms with E-state index >= 15 is 0 Å². The van der Waals surface area contributed by atoms with E-state index in [0.717, 1.165) is 30.8 Å². The summed E-state index contributed by atoms with van der Waals surface area (Å²) in [7, 11) is 0. The van der Waals surface area contributed by atoms with Crippen molar-refractivity contribution < 1.29 is 14.6 Å². The molecule has 5 nitrogen and oxygen atoms in total. The molecule has 21 heavy (non-hydrogen) atoms. The number of aromatic nitrogens is 2. The molecule has 0 spiro atoms. The SMILES string of the molecule is CC(C)c1nc2c(C(=O)O)cccc2n1C1CCCOC1. The molecule has 1 unspecified atom stereocenters. The zero-order chi connectivity index (χ0) is 15.0. The van der Waals surface area contributed by atoms with Gasteiger partial charge in [-0.05, 0) is 25.0 Å². The third-order valence-electron chi connectivity index (χ3n) is 4.00. The third kappa shape index (κ3) is 2.42. The third-order valence-corrected chi connectivity index (χ3v) is 4.00. The van der Waals surface area contributed by atoms with E-state index in [1.165, 1.54) is 0 Å². The molecule has 0 aliphatic carbocycles. The van der Waals surface area contributed by atoms with Crippen LogP contribution in [0.5, 0.6) is 0 Å². The van der Waals surface area contributed by atoms with Crippen molar-refractivity contribution in [2.24, 2.45) is 0 Å². The van der Waals surface area contributed by atoms with Crippen LogP contribution in [-0.4, -0.2) is 33.8 Å². The molecule has 0 radical (unpaired) electrons. The van der Waals surface area contributed by atoms with Gasteiger partial charge >= 0.3 is 5.97 Å². The molecule has 0 saturated carbocycles. The van der Waals surface area contributed by atoms with Gasteiger partial charge in [-0.2, -0.15) is 0 Å². The van der Waals surface area contributed by atoms with Crippen molar-refractivity contribution in [3.05, 3.63) is 29.6 Å². The Hall–Kier alpha value is -1.88. The molecule has 0 bridgehead atoms. The van der Waals surface area contributed by atoms with Gasteiger partial charge in [0.15, 0.2) is 0 Å². The Kier molecular flexibility index (Phi) is 3.68. The maximum atomic E-state index is 11.4. The predicted molar refractivity (Wildman–Crippen MR) is 79.9 cm³/mol. The summed E-state index contributed by atoms with van der Waals surface area (Å²) in [6, 6.07) is 5.60. The smallest absolute Gasteiger partial charge is 0.337 e. The Labute approximate surface area is 123 Å². The van der Waals surface area contributed by atoms with Crippen molar-refractivity contribution in [1.82, 2.24) is 9.55 Å². The van der Waals surface area contributed by atoms with Crippen LogP contribution in [0.3, 0.4) is 0 Å². The number of nitrogens with zero attached hydrogens (tertiary/aromatic N) is 2. The van der Waals surface area contributed by atoms with E-state index in [1.54, 1.807) is 12.1 Å². The first-order valence-electron chi connectivity index (χ1n) is 7.41. The number of carboxylic acids is 1. The lowest BCUT2D eigenvalue weighted by molar-refractivity contribution is 0.0593. The molecule has 1 aliphatic rings. The van der Waals surface area contributed by atoms with E-state index in [9.17, 15) is 9.90 Å². The van der Waals surface area contributed by atoms with Gasteiger partial charge in [-0.1, -0.05) is 19.9 Å². The molecule has 1 aromatic carbocycles. The van der Waals surface area contributed by atoms with E-state index < -0.39 is 5.97 Å². The Morgan fingerprint density at radius 3 is 2.90 bits per heavy atom. The van der Waals surface area contributed by atoms with Gasteiger partial charge in [0.05, 0.1) is 23.7 Å². The van der Waals surface area contributed by atoms with Gasteiger partial charge < -0.3 is 14.4 Å².